The first-order valence-electron chi connectivity index (χ1n) is 6.10. The van der Waals surface area contributed by atoms with Gasteiger partial charge < -0.3 is 14.5 Å². The highest BCUT2D eigenvalue weighted by atomic mass is 35.5. The second kappa shape index (κ2) is 6.23. The number of nitrogens with one attached hydrogen (secondary N) is 1. The van der Waals surface area contributed by atoms with Gasteiger partial charge in [-0.25, -0.2) is 0 Å². The molecule has 0 bridgehead atoms. The van der Waals surface area contributed by atoms with Crippen molar-refractivity contribution in [3.63, 3.8) is 0 Å². The van der Waals surface area contributed by atoms with Crippen LogP contribution in [0.25, 0.3) is 0 Å². The number of rotatable bonds is 6. The van der Waals surface area contributed by atoms with Gasteiger partial charge >= 0.3 is 0 Å². The Balaban J connectivity index is 2.38. The van der Waals surface area contributed by atoms with E-state index in [9.17, 15) is 0 Å². The molecule has 0 aliphatic carbocycles. The quantitative estimate of drug-likeness (QED) is 0.884. The van der Waals surface area contributed by atoms with E-state index in [4.69, 9.17) is 20.8 Å². The van der Waals surface area contributed by atoms with Crippen LogP contribution in [0.15, 0.2) is 22.9 Å². The van der Waals surface area contributed by atoms with Gasteiger partial charge in [0, 0.05) is 7.11 Å². The van der Waals surface area contributed by atoms with Crippen molar-refractivity contribution in [2.45, 2.75) is 19.5 Å². The summed E-state index contributed by atoms with van der Waals surface area (Å²) in [6, 6.07) is 1.81. The van der Waals surface area contributed by atoms with Crippen molar-refractivity contribution in [3.8, 4) is 0 Å². The van der Waals surface area contributed by atoms with E-state index in [0.717, 1.165) is 17.0 Å². The van der Waals surface area contributed by atoms with E-state index in [1.54, 1.807) is 19.6 Å². The third-order valence-corrected chi connectivity index (χ3v) is 3.36. The van der Waals surface area contributed by atoms with E-state index in [1.807, 2.05) is 24.7 Å². The molecule has 2 aromatic rings. The van der Waals surface area contributed by atoms with Crippen LogP contribution in [-0.2, 0) is 11.3 Å². The number of ether oxygens (including phenoxy) is 1. The van der Waals surface area contributed by atoms with Gasteiger partial charge in [0.2, 0.25) is 0 Å². The first-order valence-corrected chi connectivity index (χ1v) is 6.48. The van der Waals surface area contributed by atoms with Gasteiger partial charge in [0.1, 0.15) is 11.8 Å². The highest BCUT2D eigenvalue weighted by Crippen LogP contribution is 2.30. The first-order chi connectivity index (χ1) is 9.19. The van der Waals surface area contributed by atoms with E-state index in [2.05, 4.69) is 10.4 Å². The lowest BCUT2D eigenvalue weighted by Gasteiger charge is -2.17. The molecule has 0 saturated carbocycles. The summed E-state index contributed by atoms with van der Waals surface area (Å²) in [5.74, 6) is 0.851. The molecule has 1 atom stereocenters. The molecule has 0 fully saturated rings. The average molecular weight is 284 g/mol. The fraction of sp³-hybridized carbons (Fsp3) is 0.462. The topological polar surface area (TPSA) is 52.2 Å². The van der Waals surface area contributed by atoms with Gasteiger partial charge in [0.25, 0.3) is 0 Å². The minimum Gasteiger partial charge on any atom is -0.467 e. The van der Waals surface area contributed by atoms with Crippen LogP contribution < -0.4 is 5.32 Å². The predicted octanol–water partition coefficient (Wildman–Crippen LogP) is 2.39. The van der Waals surface area contributed by atoms with E-state index in [0.29, 0.717) is 18.2 Å². The number of furan rings is 1. The van der Waals surface area contributed by atoms with Gasteiger partial charge in [-0.05, 0) is 25.6 Å². The zero-order valence-corrected chi connectivity index (χ0v) is 12.1. The fourth-order valence-corrected chi connectivity index (χ4v) is 2.34. The van der Waals surface area contributed by atoms with Crippen molar-refractivity contribution in [1.29, 1.82) is 0 Å². The minimum atomic E-state index is -0.123. The summed E-state index contributed by atoms with van der Waals surface area (Å²) >= 11 is 6.26. The molecule has 2 aromatic heterocycles. The van der Waals surface area contributed by atoms with E-state index in [-0.39, 0.29) is 6.04 Å². The van der Waals surface area contributed by atoms with Gasteiger partial charge in [-0.15, -0.1) is 0 Å². The summed E-state index contributed by atoms with van der Waals surface area (Å²) in [4.78, 5) is 0. The highest BCUT2D eigenvalue weighted by molar-refractivity contribution is 6.31. The highest BCUT2D eigenvalue weighted by Gasteiger charge is 2.24. The molecule has 6 heteroatoms. The smallest absolute Gasteiger partial charge is 0.129 e. The summed E-state index contributed by atoms with van der Waals surface area (Å²) in [5, 5.41) is 8.13. The largest absolute Gasteiger partial charge is 0.467 e. The zero-order chi connectivity index (χ0) is 13.8. The number of hydrogen-bond donors (Lipinski definition) is 1. The molecule has 0 amide bonds. The standard InChI is InChI=1S/C13H18ClN3O2/c1-9-4-6-19-13(9)11(15-2)12-10(14)8-16-17(12)5-7-18-3/h4,6,8,11,15H,5,7H2,1-3H3. The summed E-state index contributed by atoms with van der Waals surface area (Å²) < 4.78 is 12.5. The Hall–Kier alpha value is -1.30. The third kappa shape index (κ3) is 2.83. The fourth-order valence-electron chi connectivity index (χ4n) is 2.09. The Morgan fingerprint density at radius 3 is 2.95 bits per heavy atom. The van der Waals surface area contributed by atoms with Crippen molar-refractivity contribution >= 4 is 11.6 Å². The minimum absolute atomic E-state index is 0.123. The SMILES string of the molecule is CNC(c1occc1C)c1c(Cl)cnn1CCOC. The molecular formula is C13H18ClN3O2. The van der Waals surface area contributed by atoms with Crippen LogP contribution in [0.3, 0.4) is 0 Å². The summed E-state index contributed by atoms with van der Waals surface area (Å²) in [7, 11) is 3.54. The normalized spacial score (nSPS) is 12.8. The predicted molar refractivity (Wildman–Crippen MR) is 73.5 cm³/mol. The number of aryl methyl sites for hydroxylation is 1. The third-order valence-electron chi connectivity index (χ3n) is 3.07. The van der Waals surface area contributed by atoms with Crippen LogP contribution in [0.4, 0.5) is 0 Å². The number of nitrogens with zero attached hydrogens (tertiary/aromatic N) is 2. The molecule has 5 nitrogen and oxygen atoms in total. The molecule has 1 N–H and O–H groups in total. The van der Waals surface area contributed by atoms with E-state index < -0.39 is 0 Å². The average Bonchev–Trinajstić information content (AvgIpc) is 2.97. The molecular weight excluding hydrogens is 266 g/mol. The summed E-state index contributed by atoms with van der Waals surface area (Å²) in [6.45, 7) is 3.24. The zero-order valence-electron chi connectivity index (χ0n) is 11.3. The maximum absolute atomic E-state index is 6.26. The van der Waals surface area contributed by atoms with Crippen LogP contribution in [0.5, 0.6) is 0 Å². The van der Waals surface area contributed by atoms with Crippen molar-refractivity contribution < 1.29 is 9.15 Å². The Morgan fingerprint density at radius 1 is 1.58 bits per heavy atom. The number of aromatic nitrogens is 2. The lowest BCUT2D eigenvalue weighted by Crippen LogP contribution is -2.23. The van der Waals surface area contributed by atoms with Gasteiger partial charge in [-0.3, -0.25) is 4.68 Å². The van der Waals surface area contributed by atoms with Gasteiger partial charge in [-0.2, -0.15) is 5.10 Å². The van der Waals surface area contributed by atoms with E-state index in [1.165, 1.54) is 0 Å². The molecule has 0 aliphatic rings. The molecule has 0 aliphatic heterocycles. The van der Waals surface area contributed by atoms with Crippen LogP contribution >= 0.6 is 11.6 Å². The van der Waals surface area contributed by atoms with Crippen molar-refractivity contribution in [2.75, 3.05) is 20.8 Å². The maximum atomic E-state index is 6.26. The molecule has 0 saturated heterocycles. The van der Waals surface area contributed by atoms with Gasteiger partial charge in [0.05, 0.1) is 36.3 Å². The van der Waals surface area contributed by atoms with Crippen molar-refractivity contribution in [1.82, 2.24) is 15.1 Å². The lowest BCUT2D eigenvalue weighted by atomic mass is 10.1. The monoisotopic (exact) mass is 283 g/mol. The van der Waals surface area contributed by atoms with Crippen LogP contribution in [0.2, 0.25) is 5.02 Å². The Kier molecular flexibility index (Phi) is 4.63. The lowest BCUT2D eigenvalue weighted by molar-refractivity contribution is 0.181. The second-order valence-corrected chi connectivity index (χ2v) is 4.69. The van der Waals surface area contributed by atoms with Gasteiger partial charge in [0.15, 0.2) is 0 Å². The van der Waals surface area contributed by atoms with E-state index >= 15 is 0 Å². The molecule has 104 valence electrons. The number of halogens is 1. The molecule has 1 unspecified atom stereocenters. The first kappa shape index (κ1) is 14.1. The van der Waals surface area contributed by atoms with Gasteiger partial charge in [-0.1, -0.05) is 11.6 Å². The number of hydrogen-bond acceptors (Lipinski definition) is 4. The summed E-state index contributed by atoms with van der Waals surface area (Å²) in [6.07, 6.45) is 3.33. The molecule has 0 radical (unpaired) electrons. The maximum Gasteiger partial charge on any atom is 0.129 e. The van der Waals surface area contributed by atoms with Crippen LogP contribution in [0, 0.1) is 6.92 Å². The molecule has 0 aromatic carbocycles. The van der Waals surface area contributed by atoms with Crippen LogP contribution in [-0.4, -0.2) is 30.5 Å². The molecule has 0 spiro atoms. The Bertz CT molecular complexity index is 536. The summed E-state index contributed by atoms with van der Waals surface area (Å²) in [5.41, 5.74) is 1.97. The molecule has 19 heavy (non-hydrogen) atoms. The second-order valence-electron chi connectivity index (χ2n) is 4.28. The Morgan fingerprint density at radius 2 is 2.37 bits per heavy atom. The number of methoxy groups -OCH3 is 1. The molecule has 2 rings (SSSR count). The Labute approximate surface area is 117 Å². The van der Waals surface area contributed by atoms with Crippen molar-refractivity contribution in [2.24, 2.45) is 0 Å². The van der Waals surface area contributed by atoms with Crippen LogP contribution in [0.1, 0.15) is 23.1 Å². The molecule has 2 heterocycles. The van der Waals surface area contributed by atoms with Crippen molar-refractivity contribution in [3.05, 3.63) is 40.6 Å².